The molecule has 3 aliphatic heterocycles. The van der Waals surface area contributed by atoms with E-state index >= 15 is 0 Å². The Balaban J connectivity index is 1.63. The first-order valence-electron chi connectivity index (χ1n) is 9.62. The molecule has 5 heteroatoms. The highest BCUT2D eigenvalue weighted by molar-refractivity contribution is 5.95. The second kappa shape index (κ2) is 5.73. The Morgan fingerprint density at radius 1 is 1.30 bits per heavy atom. The number of ether oxygens (including phenoxy) is 1. The fraction of sp³-hybridized carbons (Fsp3) is 0.409. The minimum absolute atomic E-state index is 0.0841. The lowest BCUT2D eigenvalue weighted by molar-refractivity contribution is -0.116. The van der Waals surface area contributed by atoms with Crippen LogP contribution in [0, 0.1) is 5.92 Å². The van der Waals surface area contributed by atoms with Crippen LogP contribution in [0.4, 0.5) is 11.4 Å². The van der Waals surface area contributed by atoms with Crippen LogP contribution in [0.5, 0.6) is 5.75 Å². The van der Waals surface area contributed by atoms with Crippen LogP contribution in [0.3, 0.4) is 0 Å². The number of phenolic OH excluding ortho intramolecular Hbond substituents is 1. The molecule has 27 heavy (non-hydrogen) atoms. The second-order valence-electron chi connectivity index (χ2n) is 8.01. The summed E-state index contributed by atoms with van der Waals surface area (Å²) >= 11 is 0. The molecule has 0 aromatic heterocycles. The van der Waals surface area contributed by atoms with Crippen molar-refractivity contribution in [1.29, 1.82) is 0 Å². The van der Waals surface area contributed by atoms with Gasteiger partial charge in [-0.2, -0.15) is 0 Å². The lowest BCUT2D eigenvalue weighted by atomic mass is 9.72. The summed E-state index contributed by atoms with van der Waals surface area (Å²) in [4.78, 5) is 13.9. The molecule has 0 bridgehead atoms. The number of fused-ring (bicyclic) bond motifs is 4. The molecule has 1 amide bonds. The van der Waals surface area contributed by atoms with Crippen molar-refractivity contribution in [1.82, 2.24) is 0 Å². The van der Waals surface area contributed by atoms with Crippen LogP contribution >= 0.6 is 0 Å². The van der Waals surface area contributed by atoms with E-state index in [1.807, 2.05) is 17.0 Å². The smallest absolute Gasteiger partial charge is 0.223 e. The summed E-state index contributed by atoms with van der Waals surface area (Å²) < 4.78 is 6.31. The molecular formula is C22H24N2O3. The van der Waals surface area contributed by atoms with Gasteiger partial charge in [-0.15, -0.1) is 0 Å². The molecule has 3 aliphatic rings. The zero-order valence-corrected chi connectivity index (χ0v) is 15.7. The number of carbonyl (C=O) groups excluding carboxylic acids is 1. The fourth-order valence-electron chi connectivity index (χ4n) is 5.10. The maximum Gasteiger partial charge on any atom is 0.223 e. The van der Waals surface area contributed by atoms with E-state index in [2.05, 4.69) is 24.4 Å². The summed E-state index contributed by atoms with van der Waals surface area (Å²) in [5.41, 5.74) is 5.28. The molecule has 0 radical (unpaired) electrons. The number of aromatic hydroxyl groups is 1. The quantitative estimate of drug-likeness (QED) is 0.810. The number of amides is 1. The van der Waals surface area contributed by atoms with Crippen molar-refractivity contribution >= 4 is 17.3 Å². The minimum Gasteiger partial charge on any atom is -0.508 e. The van der Waals surface area contributed by atoms with E-state index in [0.717, 1.165) is 42.9 Å². The fourth-order valence-corrected chi connectivity index (χ4v) is 5.10. The molecule has 0 aliphatic carbocycles. The molecule has 2 aromatic carbocycles. The average Bonchev–Trinajstić information content (AvgIpc) is 3.24. The predicted molar refractivity (Wildman–Crippen MR) is 104 cm³/mol. The van der Waals surface area contributed by atoms with Crippen LogP contribution < -0.4 is 10.2 Å². The molecule has 3 atom stereocenters. The maximum absolute atomic E-state index is 12.0. The Labute approximate surface area is 158 Å². The third-order valence-corrected chi connectivity index (χ3v) is 6.53. The molecule has 0 saturated carbocycles. The van der Waals surface area contributed by atoms with E-state index in [-0.39, 0.29) is 23.3 Å². The van der Waals surface area contributed by atoms with E-state index in [1.165, 1.54) is 11.1 Å². The molecule has 1 saturated heterocycles. The van der Waals surface area contributed by atoms with Gasteiger partial charge in [0.15, 0.2) is 0 Å². The van der Waals surface area contributed by atoms with Gasteiger partial charge in [-0.3, -0.25) is 4.79 Å². The van der Waals surface area contributed by atoms with Crippen LogP contribution in [0.1, 0.15) is 43.0 Å². The number of hydrogen-bond donors (Lipinski definition) is 2. The molecule has 5 rings (SSSR count). The Kier molecular flexibility index (Phi) is 3.53. The van der Waals surface area contributed by atoms with Gasteiger partial charge in [-0.25, -0.2) is 0 Å². The van der Waals surface area contributed by atoms with Gasteiger partial charge in [0.25, 0.3) is 0 Å². The first-order chi connectivity index (χ1) is 13.0. The topological polar surface area (TPSA) is 61.8 Å². The molecular weight excluding hydrogens is 340 g/mol. The normalized spacial score (nSPS) is 28.3. The maximum atomic E-state index is 12.0. The zero-order chi connectivity index (χ0) is 18.8. The molecule has 140 valence electrons. The van der Waals surface area contributed by atoms with E-state index in [0.29, 0.717) is 5.92 Å². The van der Waals surface area contributed by atoms with Crippen molar-refractivity contribution in [3.8, 4) is 5.75 Å². The van der Waals surface area contributed by atoms with Gasteiger partial charge in [0.2, 0.25) is 5.91 Å². The van der Waals surface area contributed by atoms with Crippen molar-refractivity contribution in [2.75, 3.05) is 23.4 Å². The lowest BCUT2D eigenvalue weighted by Crippen LogP contribution is -2.40. The molecule has 0 unspecified atom stereocenters. The molecule has 3 heterocycles. The van der Waals surface area contributed by atoms with Gasteiger partial charge in [-0.05, 0) is 55.2 Å². The Morgan fingerprint density at radius 2 is 2.07 bits per heavy atom. The van der Waals surface area contributed by atoms with E-state index in [9.17, 15) is 9.90 Å². The summed E-state index contributed by atoms with van der Waals surface area (Å²) in [5, 5.41) is 13.4. The predicted octanol–water partition coefficient (Wildman–Crippen LogP) is 3.72. The molecule has 0 spiro atoms. The molecule has 1 fully saturated rings. The Morgan fingerprint density at radius 3 is 2.81 bits per heavy atom. The number of nitrogens with zero attached hydrogens (tertiary/aromatic N) is 1. The van der Waals surface area contributed by atoms with Gasteiger partial charge in [-0.1, -0.05) is 12.1 Å². The third kappa shape index (κ3) is 2.38. The zero-order valence-electron chi connectivity index (χ0n) is 15.7. The van der Waals surface area contributed by atoms with Crippen LogP contribution in [0.2, 0.25) is 0 Å². The van der Waals surface area contributed by atoms with Crippen molar-refractivity contribution < 1.29 is 14.6 Å². The van der Waals surface area contributed by atoms with Crippen LogP contribution in [0.25, 0.3) is 0 Å². The van der Waals surface area contributed by atoms with Crippen molar-refractivity contribution in [2.24, 2.45) is 5.92 Å². The van der Waals surface area contributed by atoms with E-state index in [4.69, 9.17) is 4.74 Å². The standard InChI is InChI=1S/C22H24N2O3/c1-13(25)24-9-7-15-11-18-19(12-20(15)24)23-21(14-3-5-16(26)6-4-14)17-8-10-27-22(17,18)2/h3-6,11-12,17,21,23,26H,7-10H2,1-2H3/t17-,21+,22-/m0/s1. The first kappa shape index (κ1) is 16.6. The monoisotopic (exact) mass is 364 g/mol. The highest BCUT2D eigenvalue weighted by atomic mass is 16.5. The van der Waals surface area contributed by atoms with E-state index < -0.39 is 0 Å². The van der Waals surface area contributed by atoms with Gasteiger partial charge in [0, 0.05) is 42.9 Å². The van der Waals surface area contributed by atoms with Gasteiger partial charge >= 0.3 is 0 Å². The number of rotatable bonds is 1. The molecule has 2 aromatic rings. The summed E-state index contributed by atoms with van der Waals surface area (Å²) in [6, 6.07) is 11.9. The third-order valence-electron chi connectivity index (χ3n) is 6.53. The first-order valence-corrected chi connectivity index (χ1v) is 9.62. The largest absolute Gasteiger partial charge is 0.508 e. The number of anilines is 2. The van der Waals surface area contributed by atoms with Crippen molar-refractivity contribution in [3.05, 3.63) is 53.1 Å². The average molecular weight is 364 g/mol. The Bertz CT molecular complexity index is 924. The molecule has 2 N–H and O–H groups in total. The second-order valence-corrected chi connectivity index (χ2v) is 8.01. The van der Waals surface area contributed by atoms with E-state index in [1.54, 1.807) is 19.1 Å². The van der Waals surface area contributed by atoms with Crippen LogP contribution in [-0.4, -0.2) is 24.2 Å². The lowest BCUT2D eigenvalue weighted by Gasteiger charge is -2.43. The number of benzene rings is 2. The number of phenols is 1. The minimum atomic E-state index is -0.345. The Hall–Kier alpha value is -2.53. The van der Waals surface area contributed by atoms with Crippen molar-refractivity contribution in [3.63, 3.8) is 0 Å². The summed E-state index contributed by atoms with van der Waals surface area (Å²) in [6.07, 6.45) is 1.88. The summed E-state index contributed by atoms with van der Waals surface area (Å²) in [7, 11) is 0. The van der Waals surface area contributed by atoms with Gasteiger partial charge in [0.05, 0.1) is 11.6 Å². The number of nitrogens with one attached hydrogen (secondary N) is 1. The summed E-state index contributed by atoms with van der Waals surface area (Å²) in [5.74, 6) is 0.675. The van der Waals surface area contributed by atoms with Crippen LogP contribution in [0.15, 0.2) is 36.4 Å². The SMILES string of the molecule is CC(=O)N1CCc2cc3c(cc21)N[C@H](c1ccc(O)cc1)[C@@H]1CCO[C@]31C. The van der Waals surface area contributed by atoms with Crippen molar-refractivity contribution in [2.45, 2.75) is 38.3 Å². The van der Waals surface area contributed by atoms with Gasteiger partial charge < -0.3 is 20.1 Å². The highest BCUT2D eigenvalue weighted by Gasteiger charge is 2.50. The van der Waals surface area contributed by atoms with Crippen LogP contribution in [-0.2, 0) is 21.6 Å². The molecule has 5 nitrogen and oxygen atoms in total. The number of hydrogen-bond acceptors (Lipinski definition) is 4. The number of carbonyl (C=O) groups is 1. The highest BCUT2D eigenvalue weighted by Crippen LogP contribution is 2.55. The summed E-state index contributed by atoms with van der Waals surface area (Å²) in [6.45, 7) is 5.31. The van der Waals surface area contributed by atoms with Gasteiger partial charge in [0.1, 0.15) is 5.75 Å².